The minimum Gasteiger partial charge on any atom is -0.398 e. The smallest absolute Gasteiger partial charge is 0.251 e. The molecule has 1 aliphatic heterocycles. The molecule has 1 aliphatic carbocycles. The average molecular weight is 960 g/mol. The number of aromatic nitrogens is 2. The lowest BCUT2D eigenvalue weighted by Crippen LogP contribution is -2.41. The van der Waals surface area contributed by atoms with Crippen molar-refractivity contribution >= 4 is 68.0 Å². The van der Waals surface area contributed by atoms with Crippen LogP contribution in [0, 0.1) is 44.7 Å². The SMILES string of the molecule is CC#CN1c2cc(N)c(C)cc2N=C2C=C(C)C(NCCCCCCNC(=O)c3ccc(-c4ccc(C(=O)NCCCCCCNc5cc6c(cc5C)nc5cc(C)c(N)cc5[n+]6C#CC)cc4)cc3)=CC21. The number of nitrogens with one attached hydrogen (secondary N) is 4. The maximum absolute atomic E-state index is 12.9. The fourth-order valence-electron chi connectivity index (χ4n) is 9.27. The minimum absolute atomic E-state index is 0.0765. The highest BCUT2D eigenvalue weighted by atomic mass is 16.2. The number of carbonyl (C=O) groups is 2. The Labute approximate surface area is 424 Å². The van der Waals surface area contributed by atoms with Gasteiger partial charge in [0.2, 0.25) is 17.1 Å². The molecule has 2 amide bonds. The van der Waals surface area contributed by atoms with E-state index in [0.717, 1.165) is 160 Å². The second-order valence-electron chi connectivity index (χ2n) is 18.8. The van der Waals surface area contributed by atoms with E-state index in [0.29, 0.717) is 24.2 Å². The third-order valence-electron chi connectivity index (χ3n) is 13.5. The van der Waals surface area contributed by atoms with E-state index in [9.17, 15) is 9.59 Å². The van der Waals surface area contributed by atoms with Crippen molar-refractivity contribution in [3.8, 4) is 35.1 Å². The van der Waals surface area contributed by atoms with Gasteiger partial charge in [-0.25, -0.2) is 9.98 Å². The number of allylic oxidation sites excluding steroid dienone is 1. The summed E-state index contributed by atoms with van der Waals surface area (Å²) in [4.78, 5) is 37.9. The molecule has 2 aliphatic rings. The van der Waals surface area contributed by atoms with Crippen molar-refractivity contribution in [2.24, 2.45) is 4.99 Å². The second-order valence-corrected chi connectivity index (χ2v) is 18.8. The summed E-state index contributed by atoms with van der Waals surface area (Å²) in [5, 5.41) is 13.4. The van der Waals surface area contributed by atoms with Crippen LogP contribution in [0.4, 0.5) is 28.4 Å². The molecule has 1 atom stereocenters. The monoisotopic (exact) mass is 960 g/mol. The fourth-order valence-corrected chi connectivity index (χ4v) is 9.27. The van der Waals surface area contributed by atoms with Gasteiger partial charge in [0.1, 0.15) is 17.1 Å². The number of rotatable bonds is 19. The average Bonchev–Trinajstić information content (AvgIpc) is 3.37. The lowest BCUT2D eigenvalue weighted by atomic mass is 9.94. The number of aryl methyl sites for hydroxylation is 3. The summed E-state index contributed by atoms with van der Waals surface area (Å²) in [6.07, 6.45) is 12.4. The van der Waals surface area contributed by atoms with Gasteiger partial charge < -0.3 is 32.7 Å². The number of aliphatic imine (C=N–C) groups is 1. The first-order valence-corrected chi connectivity index (χ1v) is 25.3. The van der Waals surface area contributed by atoms with E-state index in [-0.39, 0.29) is 17.9 Å². The van der Waals surface area contributed by atoms with Crippen LogP contribution in [0.5, 0.6) is 0 Å². The molecular formula is C60H67N10O2+. The number of nitrogens with zero attached hydrogens (tertiary/aromatic N) is 4. The van der Waals surface area contributed by atoms with Crippen LogP contribution in [-0.4, -0.2) is 54.7 Å². The van der Waals surface area contributed by atoms with Crippen LogP contribution in [0.3, 0.4) is 0 Å². The first kappa shape index (κ1) is 50.3. The first-order chi connectivity index (χ1) is 34.9. The Morgan fingerprint density at radius 3 is 1.78 bits per heavy atom. The molecule has 72 heavy (non-hydrogen) atoms. The topological polar surface area (TPSA) is 167 Å². The maximum atomic E-state index is 12.9. The van der Waals surface area contributed by atoms with Crippen LogP contribution in [0.15, 0.2) is 113 Å². The van der Waals surface area contributed by atoms with E-state index < -0.39 is 0 Å². The van der Waals surface area contributed by atoms with Gasteiger partial charge in [-0.15, -0.1) is 0 Å². The Hall–Kier alpha value is -8.09. The van der Waals surface area contributed by atoms with Gasteiger partial charge in [-0.1, -0.05) is 60.4 Å². The van der Waals surface area contributed by atoms with Gasteiger partial charge in [0, 0.05) is 85.2 Å². The van der Waals surface area contributed by atoms with Crippen LogP contribution in [-0.2, 0) is 0 Å². The molecule has 0 saturated heterocycles. The van der Waals surface area contributed by atoms with E-state index in [4.69, 9.17) is 21.4 Å². The summed E-state index contributed by atoms with van der Waals surface area (Å²) in [5.74, 6) is 5.96. The number of nitrogen functional groups attached to an aromatic ring is 2. The van der Waals surface area contributed by atoms with Crippen LogP contribution < -0.4 is 42.2 Å². The molecule has 12 heteroatoms. The normalized spacial score (nSPS) is 13.6. The molecule has 0 saturated carbocycles. The Morgan fingerprint density at radius 2 is 1.18 bits per heavy atom. The number of hydrogen-bond acceptors (Lipinski definition) is 9. The molecule has 1 aromatic heterocycles. The van der Waals surface area contributed by atoms with E-state index in [1.165, 1.54) is 0 Å². The Balaban J connectivity index is 0.698. The zero-order valence-electron chi connectivity index (χ0n) is 42.6. The molecule has 1 unspecified atom stereocenters. The summed E-state index contributed by atoms with van der Waals surface area (Å²) < 4.78 is 1.98. The van der Waals surface area contributed by atoms with Crippen molar-refractivity contribution in [2.75, 3.05) is 47.9 Å². The number of unbranched alkanes of at least 4 members (excludes halogenated alkanes) is 6. The number of amides is 2. The van der Waals surface area contributed by atoms with Crippen molar-refractivity contribution < 1.29 is 14.2 Å². The number of hydrogen-bond donors (Lipinski definition) is 6. The van der Waals surface area contributed by atoms with Gasteiger partial charge >= 0.3 is 0 Å². The number of anilines is 4. The summed E-state index contributed by atoms with van der Waals surface area (Å²) in [6, 6.07) is 33.9. The summed E-state index contributed by atoms with van der Waals surface area (Å²) >= 11 is 0. The van der Waals surface area contributed by atoms with Crippen molar-refractivity contribution in [3.05, 3.63) is 136 Å². The quantitative estimate of drug-likeness (QED) is 0.0153. The second kappa shape index (κ2) is 23.2. The van der Waals surface area contributed by atoms with Crippen LogP contribution in [0.2, 0.25) is 0 Å². The molecule has 5 aromatic carbocycles. The van der Waals surface area contributed by atoms with Gasteiger partial charge in [0.25, 0.3) is 11.8 Å². The molecule has 0 radical (unpaired) electrons. The van der Waals surface area contributed by atoms with Crippen molar-refractivity contribution in [2.45, 2.75) is 99.0 Å². The molecule has 2 heterocycles. The van der Waals surface area contributed by atoms with Crippen molar-refractivity contribution in [1.29, 1.82) is 0 Å². The van der Waals surface area contributed by atoms with Gasteiger partial charge in [0.05, 0.1) is 17.1 Å². The lowest BCUT2D eigenvalue weighted by Gasteiger charge is -2.35. The highest BCUT2D eigenvalue weighted by molar-refractivity contribution is 6.10. The summed E-state index contributed by atoms with van der Waals surface area (Å²) in [6.45, 7) is 14.8. The van der Waals surface area contributed by atoms with Crippen LogP contribution >= 0.6 is 0 Å². The number of carbonyl (C=O) groups excluding carboxylic acids is 2. The molecular weight excluding hydrogens is 893 g/mol. The molecule has 0 bridgehead atoms. The predicted molar refractivity (Wildman–Crippen MR) is 296 cm³/mol. The number of benzene rings is 5. The fraction of sp³-hybridized carbons (Fsp3) is 0.317. The highest BCUT2D eigenvalue weighted by Crippen LogP contribution is 2.40. The molecule has 12 nitrogen and oxygen atoms in total. The summed E-state index contributed by atoms with van der Waals surface area (Å²) in [7, 11) is 0. The lowest BCUT2D eigenvalue weighted by molar-refractivity contribution is -0.525. The number of nitrogens with two attached hydrogens (primary N) is 2. The van der Waals surface area contributed by atoms with E-state index in [2.05, 4.69) is 88.2 Å². The first-order valence-electron chi connectivity index (χ1n) is 25.3. The summed E-state index contributed by atoms with van der Waals surface area (Å²) in [5.41, 5.74) is 30.0. The largest absolute Gasteiger partial charge is 0.398 e. The minimum atomic E-state index is -0.0883. The Morgan fingerprint density at radius 1 is 0.639 bits per heavy atom. The molecule has 368 valence electrons. The molecule has 6 aromatic rings. The Kier molecular flexibility index (Phi) is 16.2. The van der Waals surface area contributed by atoms with Gasteiger partial charge in [-0.2, -0.15) is 0 Å². The third kappa shape index (κ3) is 11.7. The zero-order valence-corrected chi connectivity index (χ0v) is 42.6. The van der Waals surface area contributed by atoms with Crippen molar-refractivity contribution in [3.63, 3.8) is 0 Å². The van der Waals surface area contributed by atoms with E-state index in [1.807, 2.05) is 105 Å². The molecule has 8 N–H and O–H groups in total. The van der Waals surface area contributed by atoms with Crippen LogP contribution in [0.1, 0.15) is 110 Å². The van der Waals surface area contributed by atoms with Gasteiger partial charge in [0.15, 0.2) is 0 Å². The molecule has 8 rings (SSSR count). The van der Waals surface area contributed by atoms with Gasteiger partial charge in [-0.05, 0) is 160 Å². The van der Waals surface area contributed by atoms with E-state index in [1.54, 1.807) is 0 Å². The molecule has 0 spiro atoms. The predicted octanol–water partition coefficient (Wildman–Crippen LogP) is 10.3. The molecule has 0 fully saturated rings. The van der Waals surface area contributed by atoms with Crippen LogP contribution in [0.25, 0.3) is 33.2 Å². The van der Waals surface area contributed by atoms with Gasteiger partial charge in [-0.3, -0.25) is 14.5 Å². The van der Waals surface area contributed by atoms with E-state index >= 15 is 0 Å². The van der Waals surface area contributed by atoms with Crippen molar-refractivity contribution in [1.82, 2.24) is 20.9 Å². The standard InChI is InChI=1S/C60H66N10O2/c1-7-29-69-55-35-47(61)39(3)31-51(55)67-53-33-41(5)49(37-57(53)69)63-25-13-9-11-15-27-65-59(71)45-21-17-43(18-22-45)44-19-23-46(24-20-44)60(72)66-28-16-12-10-14-26-64-50-38-58-54(34-42(50)6)68-52-32-40(4)48(62)36-56(52)70(58)30-8-2/h17-24,31-38,57,63H,9-16,25-28,61H2,1-6H3,(H4,62,64,65,66,71,72)/p+1. The third-order valence-corrected chi connectivity index (χ3v) is 13.5. The zero-order chi connectivity index (χ0) is 50.7. The number of fused-ring (bicyclic) bond motifs is 4. The maximum Gasteiger partial charge on any atom is 0.251 e. The highest BCUT2D eigenvalue weighted by Gasteiger charge is 2.31. The Bertz CT molecular complexity index is 3240.